The van der Waals surface area contributed by atoms with Gasteiger partial charge < -0.3 is 19.1 Å². The molecule has 1 saturated heterocycles. The molecule has 2 atom stereocenters. The summed E-state index contributed by atoms with van der Waals surface area (Å²) in [5, 5.41) is 13.9. The number of carbonyl (C=O) groups excluding carboxylic acids is 1. The van der Waals surface area contributed by atoms with Gasteiger partial charge in [0.25, 0.3) is 5.89 Å². The molecule has 34 heavy (non-hydrogen) atoms. The van der Waals surface area contributed by atoms with E-state index in [1.165, 1.54) is 6.07 Å². The number of benzene rings is 2. The number of aromatic nitrogens is 2. The van der Waals surface area contributed by atoms with Gasteiger partial charge in [-0.2, -0.15) is 9.29 Å². The van der Waals surface area contributed by atoms with Crippen LogP contribution < -0.4 is 4.74 Å². The fraction of sp³-hybridized carbons (Fsp3) is 0.348. The summed E-state index contributed by atoms with van der Waals surface area (Å²) in [6.07, 6.45) is -1.04. The first-order valence-electron chi connectivity index (χ1n) is 10.6. The molecule has 180 valence electrons. The highest BCUT2D eigenvalue weighted by Gasteiger charge is 2.44. The summed E-state index contributed by atoms with van der Waals surface area (Å²) in [5.74, 6) is 0.251. The number of hydrogen-bond acceptors (Lipinski definition) is 9. The summed E-state index contributed by atoms with van der Waals surface area (Å²) in [7, 11) is -2.45. The number of β-amino-alcohol motifs (C(OH)–C–C–N with tert-alkyl or cyclic N) is 1. The predicted octanol–water partition coefficient (Wildman–Crippen LogP) is 2.23. The molecule has 0 saturated carbocycles. The lowest BCUT2D eigenvalue weighted by Crippen LogP contribution is -2.41. The number of carbonyl (C=O) groups is 1. The quantitative estimate of drug-likeness (QED) is 0.498. The van der Waals surface area contributed by atoms with Crippen LogP contribution >= 0.6 is 0 Å². The molecule has 0 amide bonds. The summed E-state index contributed by atoms with van der Waals surface area (Å²) < 4.78 is 43.0. The first kappa shape index (κ1) is 23.9. The fourth-order valence-corrected chi connectivity index (χ4v) is 5.38. The summed E-state index contributed by atoms with van der Waals surface area (Å²) in [4.78, 5) is 17.0. The molecule has 2 heterocycles. The number of aliphatic hydroxyl groups is 1. The minimum atomic E-state index is -4.01. The van der Waals surface area contributed by atoms with Crippen molar-refractivity contribution in [1.29, 1.82) is 0 Å². The SMILES string of the molecule is COc1ccc(-c2nc(COC(=O)[C@@H]3CC(O)CN3S(=O)(=O)c3ccc(C)c(C)c3)no2)cc1. The number of aliphatic hydroxyl groups excluding tert-OH is 1. The maximum atomic E-state index is 13.2. The van der Waals surface area contributed by atoms with Gasteiger partial charge in [0.1, 0.15) is 11.8 Å². The highest BCUT2D eigenvalue weighted by Crippen LogP contribution is 2.28. The van der Waals surface area contributed by atoms with Crippen LogP contribution in [-0.2, 0) is 26.2 Å². The van der Waals surface area contributed by atoms with E-state index < -0.39 is 28.1 Å². The Morgan fingerprint density at radius 2 is 1.91 bits per heavy atom. The molecule has 1 unspecified atom stereocenters. The zero-order valence-corrected chi connectivity index (χ0v) is 19.8. The smallest absolute Gasteiger partial charge is 0.325 e. The van der Waals surface area contributed by atoms with Crippen LogP contribution in [0.15, 0.2) is 51.9 Å². The second kappa shape index (κ2) is 9.53. The van der Waals surface area contributed by atoms with E-state index in [0.717, 1.165) is 15.4 Å². The van der Waals surface area contributed by atoms with Crippen LogP contribution in [-0.4, -0.2) is 59.7 Å². The zero-order chi connectivity index (χ0) is 24.5. The number of ether oxygens (including phenoxy) is 2. The fourth-order valence-electron chi connectivity index (χ4n) is 3.67. The first-order valence-corrected chi connectivity index (χ1v) is 12.0. The third-order valence-corrected chi connectivity index (χ3v) is 7.61. The molecule has 11 heteroatoms. The Labute approximate surface area is 197 Å². The monoisotopic (exact) mass is 487 g/mol. The highest BCUT2D eigenvalue weighted by atomic mass is 32.2. The van der Waals surface area contributed by atoms with Crippen LogP contribution in [0.2, 0.25) is 0 Å². The highest BCUT2D eigenvalue weighted by molar-refractivity contribution is 7.89. The summed E-state index contributed by atoms with van der Waals surface area (Å²) in [6.45, 7) is 3.19. The number of aryl methyl sites for hydroxylation is 2. The average Bonchev–Trinajstić information content (AvgIpc) is 3.46. The van der Waals surface area contributed by atoms with E-state index in [2.05, 4.69) is 10.1 Å². The van der Waals surface area contributed by atoms with Gasteiger partial charge in [0.05, 0.1) is 18.1 Å². The van der Waals surface area contributed by atoms with Gasteiger partial charge in [-0.1, -0.05) is 11.2 Å². The van der Waals surface area contributed by atoms with Crippen molar-refractivity contribution in [3.05, 3.63) is 59.4 Å². The number of methoxy groups -OCH3 is 1. The second-order valence-electron chi connectivity index (χ2n) is 8.08. The van der Waals surface area contributed by atoms with Crippen molar-refractivity contribution in [1.82, 2.24) is 14.4 Å². The molecule has 1 aromatic heterocycles. The summed E-state index contributed by atoms with van der Waals surface area (Å²) in [6, 6.07) is 10.6. The van der Waals surface area contributed by atoms with Crippen molar-refractivity contribution in [3.63, 3.8) is 0 Å². The Morgan fingerprint density at radius 1 is 1.18 bits per heavy atom. The lowest BCUT2D eigenvalue weighted by molar-refractivity contribution is -0.149. The van der Waals surface area contributed by atoms with Crippen LogP contribution in [0.4, 0.5) is 0 Å². The molecule has 1 aliphatic heterocycles. The van der Waals surface area contributed by atoms with E-state index in [1.807, 2.05) is 13.8 Å². The average molecular weight is 488 g/mol. The molecule has 3 aromatic rings. The lowest BCUT2D eigenvalue weighted by Gasteiger charge is -2.22. The van der Waals surface area contributed by atoms with E-state index in [4.69, 9.17) is 14.0 Å². The lowest BCUT2D eigenvalue weighted by atomic mass is 10.1. The van der Waals surface area contributed by atoms with Gasteiger partial charge in [-0.25, -0.2) is 8.42 Å². The Balaban J connectivity index is 1.45. The largest absolute Gasteiger partial charge is 0.497 e. The van der Waals surface area contributed by atoms with Gasteiger partial charge in [0.15, 0.2) is 6.61 Å². The standard InChI is InChI=1S/C23H25N3O7S/c1-14-4-9-19(10-15(14)2)34(29,30)26-12-17(27)11-20(26)23(28)32-13-21-24-22(33-25-21)16-5-7-18(31-3)8-6-16/h4-10,17,20,27H,11-13H2,1-3H3/t17?,20-/m0/s1. The minimum Gasteiger partial charge on any atom is -0.497 e. The molecule has 0 aliphatic carbocycles. The number of sulfonamides is 1. The van der Waals surface area contributed by atoms with Gasteiger partial charge in [-0.05, 0) is 61.4 Å². The maximum Gasteiger partial charge on any atom is 0.325 e. The summed E-state index contributed by atoms with van der Waals surface area (Å²) >= 11 is 0. The first-order chi connectivity index (χ1) is 16.2. The molecular formula is C23H25N3O7S. The Bertz CT molecular complexity index is 1290. The van der Waals surface area contributed by atoms with Gasteiger partial charge in [0, 0.05) is 18.5 Å². The summed E-state index contributed by atoms with van der Waals surface area (Å²) in [5.41, 5.74) is 2.42. The molecule has 1 N–H and O–H groups in total. The van der Waals surface area contributed by atoms with E-state index in [9.17, 15) is 18.3 Å². The Kier molecular flexibility index (Phi) is 6.69. The third kappa shape index (κ3) is 4.81. The van der Waals surface area contributed by atoms with Crippen molar-refractivity contribution >= 4 is 16.0 Å². The van der Waals surface area contributed by atoms with Gasteiger partial charge in [-0.3, -0.25) is 4.79 Å². The number of esters is 1. The van der Waals surface area contributed by atoms with E-state index in [1.54, 1.807) is 43.5 Å². The van der Waals surface area contributed by atoms with Crippen molar-refractivity contribution in [3.8, 4) is 17.2 Å². The molecule has 0 spiro atoms. The predicted molar refractivity (Wildman–Crippen MR) is 120 cm³/mol. The third-order valence-electron chi connectivity index (χ3n) is 5.74. The Morgan fingerprint density at radius 3 is 2.59 bits per heavy atom. The number of hydrogen-bond donors (Lipinski definition) is 1. The number of rotatable bonds is 7. The Hall–Kier alpha value is -3.28. The normalized spacial score (nSPS) is 18.7. The van der Waals surface area contributed by atoms with Crippen LogP contribution in [0.5, 0.6) is 5.75 Å². The van der Waals surface area contributed by atoms with Crippen LogP contribution in [0.1, 0.15) is 23.4 Å². The molecule has 1 fully saturated rings. The minimum absolute atomic E-state index is 0.0600. The van der Waals surface area contributed by atoms with Crippen molar-refractivity contribution in [2.24, 2.45) is 0 Å². The second-order valence-corrected chi connectivity index (χ2v) is 9.97. The molecular weight excluding hydrogens is 462 g/mol. The molecule has 0 radical (unpaired) electrons. The van der Waals surface area contributed by atoms with Gasteiger partial charge >= 0.3 is 5.97 Å². The van der Waals surface area contributed by atoms with Gasteiger partial charge in [-0.15, -0.1) is 0 Å². The van der Waals surface area contributed by atoms with Crippen LogP contribution in [0.3, 0.4) is 0 Å². The molecule has 4 rings (SSSR count). The molecule has 1 aliphatic rings. The van der Waals surface area contributed by atoms with Crippen molar-refractivity contribution in [2.75, 3.05) is 13.7 Å². The van der Waals surface area contributed by atoms with Gasteiger partial charge in [0.2, 0.25) is 15.8 Å². The van der Waals surface area contributed by atoms with Crippen molar-refractivity contribution in [2.45, 2.75) is 43.9 Å². The molecule has 2 aromatic carbocycles. The molecule has 0 bridgehead atoms. The van der Waals surface area contributed by atoms with Crippen molar-refractivity contribution < 1.29 is 32.3 Å². The number of nitrogens with zero attached hydrogens (tertiary/aromatic N) is 3. The molecule has 10 nitrogen and oxygen atoms in total. The van der Waals surface area contributed by atoms with Crippen LogP contribution in [0.25, 0.3) is 11.5 Å². The van der Waals surface area contributed by atoms with E-state index in [0.29, 0.717) is 11.3 Å². The van der Waals surface area contributed by atoms with E-state index >= 15 is 0 Å². The van der Waals surface area contributed by atoms with Crippen LogP contribution in [0, 0.1) is 13.8 Å². The van der Waals surface area contributed by atoms with E-state index in [-0.39, 0.29) is 36.2 Å². The zero-order valence-electron chi connectivity index (χ0n) is 19.0. The maximum absolute atomic E-state index is 13.2. The topological polar surface area (TPSA) is 132 Å².